The number of rotatable bonds is 4. The van der Waals surface area contributed by atoms with E-state index in [1.165, 1.54) is 23.0 Å². The normalized spacial score (nSPS) is 11.7. The van der Waals surface area contributed by atoms with Gasteiger partial charge in [-0.2, -0.15) is 0 Å². The number of aromatic hydroxyl groups is 1. The van der Waals surface area contributed by atoms with Crippen molar-refractivity contribution in [3.8, 4) is 5.75 Å². The van der Waals surface area contributed by atoms with Gasteiger partial charge in [-0.05, 0) is 17.7 Å². The van der Waals surface area contributed by atoms with Gasteiger partial charge in [0, 0.05) is 13.6 Å². The molecule has 0 atom stereocenters. The Morgan fingerprint density at radius 1 is 1.37 bits per heavy atom. The van der Waals surface area contributed by atoms with Crippen LogP contribution >= 0.6 is 11.6 Å². The lowest BCUT2D eigenvalue weighted by atomic mass is 10.2. The highest BCUT2D eigenvalue weighted by molar-refractivity contribution is 7.89. The maximum absolute atomic E-state index is 12.0. The largest absolute Gasteiger partial charge is 0.508 e. The summed E-state index contributed by atoms with van der Waals surface area (Å²) in [7, 11) is -2.15. The fourth-order valence-electron chi connectivity index (χ4n) is 1.43. The van der Waals surface area contributed by atoms with Crippen LogP contribution in [0.3, 0.4) is 0 Å². The van der Waals surface area contributed by atoms with Crippen molar-refractivity contribution in [2.45, 2.75) is 11.6 Å². The molecule has 0 saturated carbocycles. The van der Waals surface area contributed by atoms with Crippen LogP contribution in [0.4, 0.5) is 0 Å². The SMILES string of the molecule is Cn1cnc(S(=O)(=O)NCc2ccc(O)cc2)c1Cl. The second-order valence-electron chi connectivity index (χ2n) is 3.94. The first-order chi connectivity index (χ1) is 8.90. The van der Waals surface area contributed by atoms with Gasteiger partial charge in [0.15, 0.2) is 0 Å². The Kier molecular flexibility index (Phi) is 3.79. The minimum atomic E-state index is -3.75. The molecular formula is C11H12ClN3O3S. The van der Waals surface area contributed by atoms with Gasteiger partial charge in [0.25, 0.3) is 10.0 Å². The van der Waals surface area contributed by atoms with Crippen LogP contribution in [0.5, 0.6) is 5.75 Å². The molecule has 0 bridgehead atoms. The third-order valence-corrected chi connectivity index (χ3v) is 4.38. The van der Waals surface area contributed by atoms with E-state index in [0.29, 0.717) is 5.56 Å². The lowest BCUT2D eigenvalue weighted by molar-refractivity contribution is 0.475. The van der Waals surface area contributed by atoms with E-state index in [4.69, 9.17) is 16.7 Å². The number of imidazole rings is 1. The Balaban J connectivity index is 2.14. The van der Waals surface area contributed by atoms with Crippen LogP contribution in [0.1, 0.15) is 5.56 Å². The Labute approximate surface area is 115 Å². The number of nitrogens with zero attached hydrogens (tertiary/aromatic N) is 2. The van der Waals surface area contributed by atoms with Crippen LogP contribution < -0.4 is 4.72 Å². The van der Waals surface area contributed by atoms with Crippen molar-refractivity contribution in [3.05, 3.63) is 41.3 Å². The molecule has 0 unspecified atom stereocenters. The van der Waals surface area contributed by atoms with Crippen molar-refractivity contribution in [2.24, 2.45) is 7.05 Å². The minimum absolute atomic E-state index is 0.0539. The maximum atomic E-state index is 12.0. The summed E-state index contributed by atoms with van der Waals surface area (Å²) in [5.41, 5.74) is 0.716. The summed E-state index contributed by atoms with van der Waals surface area (Å²) in [6.07, 6.45) is 1.33. The number of hydrogen-bond donors (Lipinski definition) is 2. The number of phenols is 1. The van der Waals surface area contributed by atoms with Crippen molar-refractivity contribution in [2.75, 3.05) is 0 Å². The topological polar surface area (TPSA) is 84.2 Å². The standard InChI is InChI=1S/C11H12ClN3O3S/c1-15-7-13-11(10(15)12)19(17,18)14-6-8-2-4-9(16)5-3-8/h2-5,7,14,16H,6H2,1H3. The molecule has 2 aromatic rings. The van der Waals surface area contributed by atoms with E-state index >= 15 is 0 Å². The molecule has 0 aliphatic heterocycles. The molecule has 1 heterocycles. The Morgan fingerprint density at radius 3 is 2.53 bits per heavy atom. The Hall–Kier alpha value is -1.57. The lowest BCUT2D eigenvalue weighted by Crippen LogP contribution is -2.23. The number of halogens is 1. The molecule has 2 N–H and O–H groups in total. The third kappa shape index (κ3) is 3.06. The van der Waals surface area contributed by atoms with Gasteiger partial charge < -0.3 is 9.67 Å². The summed E-state index contributed by atoms with van der Waals surface area (Å²) in [6, 6.07) is 6.21. The smallest absolute Gasteiger partial charge is 0.261 e. The van der Waals surface area contributed by atoms with E-state index in [1.807, 2.05) is 0 Å². The van der Waals surface area contributed by atoms with Gasteiger partial charge in [0.1, 0.15) is 10.9 Å². The predicted octanol–water partition coefficient (Wildman–Crippen LogP) is 1.26. The van der Waals surface area contributed by atoms with E-state index < -0.39 is 10.0 Å². The van der Waals surface area contributed by atoms with Crippen LogP contribution in [0, 0.1) is 0 Å². The zero-order valence-electron chi connectivity index (χ0n) is 10.0. The number of aromatic nitrogens is 2. The van der Waals surface area contributed by atoms with E-state index in [-0.39, 0.29) is 22.5 Å². The fourth-order valence-corrected chi connectivity index (χ4v) is 2.88. The molecule has 102 valence electrons. The zero-order valence-corrected chi connectivity index (χ0v) is 11.6. The van der Waals surface area contributed by atoms with Gasteiger partial charge >= 0.3 is 0 Å². The van der Waals surface area contributed by atoms with Gasteiger partial charge in [-0.15, -0.1) is 0 Å². The molecule has 6 nitrogen and oxygen atoms in total. The molecule has 0 fully saturated rings. The first-order valence-electron chi connectivity index (χ1n) is 5.34. The lowest BCUT2D eigenvalue weighted by Gasteiger charge is -2.05. The van der Waals surface area contributed by atoms with Crippen LogP contribution in [0.15, 0.2) is 35.6 Å². The average Bonchev–Trinajstić information content (AvgIpc) is 2.70. The highest BCUT2D eigenvalue weighted by Gasteiger charge is 2.21. The number of phenolic OH excluding ortho intramolecular Hbond substituents is 1. The highest BCUT2D eigenvalue weighted by atomic mass is 35.5. The van der Waals surface area contributed by atoms with E-state index in [9.17, 15) is 8.42 Å². The molecule has 0 radical (unpaired) electrons. The fraction of sp³-hybridized carbons (Fsp3) is 0.182. The second-order valence-corrected chi connectivity index (χ2v) is 5.98. The molecule has 19 heavy (non-hydrogen) atoms. The molecule has 0 aliphatic rings. The quantitative estimate of drug-likeness (QED) is 0.890. The third-order valence-electron chi connectivity index (χ3n) is 2.49. The molecule has 1 aromatic heterocycles. The van der Waals surface area contributed by atoms with Gasteiger partial charge in [-0.1, -0.05) is 23.7 Å². The second kappa shape index (κ2) is 5.20. The molecule has 0 spiro atoms. The van der Waals surface area contributed by atoms with Gasteiger partial charge in [-0.3, -0.25) is 0 Å². The number of aryl methyl sites for hydroxylation is 1. The average molecular weight is 302 g/mol. The monoisotopic (exact) mass is 301 g/mol. The number of sulfonamides is 1. The molecule has 0 saturated heterocycles. The summed E-state index contributed by atoms with van der Waals surface area (Å²) < 4.78 is 27.8. The van der Waals surface area contributed by atoms with Crippen molar-refractivity contribution in [1.29, 1.82) is 0 Å². The van der Waals surface area contributed by atoms with Crippen molar-refractivity contribution in [1.82, 2.24) is 14.3 Å². The van der Waals surface area contributed by atoms with Crippen molar-refractivity contribution >= 4 is 21.6 Å². The number of nitrogens with one attached hydrogen (secondary N) is 1. The summed E-state index contributed by atoms with van der Waals surface area (Å²) in [5, 5.41) is 8.99. The van der Waals surface area contributed by atoms with Crippen LogP contribution in [0.25, 0.3) is 0 Å². The molecule has 2 rings (SSSR count). The van der Waals surface area contributed by atoms with Crippen LogP contribution in [-0.2, 0) is 23.6 Å². The number of benzene rings is 1. The summed E-state index contributed by atoms with van der Waals surface area (Å²) in [5.74, 6) is 0.124. The summed E-state index contributed by atoms with van der Waals surface area (Å²) >= 11 is 5.84. The van der Waals surface area contributed by atoms with E-state index in [2.05, 4.69) is 9.71 Å². The van der Waals surface area contributed by atoms with Gasteiger partial charge in [0.2, 0.25) is 5.03 Å². The number of hydrogen-bond acceptors (Lipinski definition) is 4. The van der Waals surface area contributed by atoms with E-state index in [1.54, 1.807) is 19.2 Å². The van der Waals surface area contributed by atoms with Gasteiger partial charge in [-0.25, -0.2) is 18.1 Å². The molecule has 0 amide bonds. The zero-order chi connectivity index (χ0) is 14.0. The molecule has 0 aliphatic carbocycles. The predicted molar refractivity (Wildman–Crippen MR) is 70.4 cm³/mol. The van der Waals surface area contributed by atoms with Gasteiger partial charge in [0.05, 0.1) is 6.33 Å². The molecule has 8 heteroatoms. The summed E-state index contributed by atoms with van der Waals surface area (Å²) in [4.78, 5) is 3.75. The van der Waals surface area contributed by atoms with E-state index in [0.717, 1.165) is 0 Å². The molecular weight excluding hydrogens is 290 g/mol. The first-order valence-corrected chi connectivity index (χ1v) is 7.20. The molecule has 1 aromatic carbocycles. The Morgan fingerprint density at radius 2 is 2.00 bits per heavy atom. The Bertz CT molecular complexity index is 680. The van der Waals surface area contributed by atoms with Crippen LogP contribution in [0.2, 0.25) is 5.15 Å². The van der Waals surface area contributed by atoms with Crippen LogP contribution in [-0.4, -0.2) is 23.1 Å². The first kappa shape index (κ1) is 13.9. The maximum Gasteiger partial charge on any atom is 0.261 e. The highest BCUT2D eigenvalue weighted by Crippen LogP contribution is 2.18. The summed E-state index contributed by atoms with van der Waals surface area (Å²) in [6.45, 7) is 0.0928. The van der Waals surface area contributed by atoms with Crippen molar-refractivity contribution in [3.63, 3.8) is 0 Å². The minimum Gasteiger partial charge on any atom is -0.508 e. The van der Waals surface area contributed by atoms with Crippen molar-refractivity contribution < 1.29 is 13.5 Å².